The second kappa shape index (κ2) is 9.08. The lowest BCUT2D eigenvalue weighted by Crippen LogP contribution is -2.39. The van der Waals surface area contributed by atoms with E-state index in [0.717, 1.165) is 38.8 Å². The van der Waals surface area contributed by atoms with Gasteiger partial charge < -0.3 is 4.90 Å². The molecule has 1 aliphatic heterocycles. The van der Waals surface area contributed by atoms with Crippen LogP contribution < -0.4 is 0 Å². The van der Waals surface area contributed by atoms with Gasteiger partial charge in [-0.1, -0.05) is 54.6 Å². The third-order valence-corrected chi connectivity index (χ3v) is 5.99. The molecule has 29 heavy (non-hydrogen) atoms. The quantitative estimate of drug-likeness (QED) is 0.639. The number of rotatable bonds is 6. The normalized spacial score (nSPS) is 16.7. The highest BCUT2D eigenvalue weighted by Gasteiger charge is 2.27. The van der Waals surface area contributed by atoms with Gasteiger partial charge in [0.25, 0.3) is 0 Å². The highest BCUT2D eigenvalue weighted by molar-refractivity contribution is 5.76. The van der Waals surface area contributed by atoms with E-state index in [-0.39, 0.29) is 5.91 Å². The maximum atomic E-state index is 12.8. The molecule has 4 rings (SSSR count). The molecule has 2 aromatic carbocycles. The minimum absolute atomic E-state index is 0.280. The molecule has 1 atom stereocenters. The van der Waals surface area contributed by atoms with Crippen molar-refractivity contribution in [2.45, 2.75) is 44.9 Å². The molecule has 0 bridgehead atoms. The van der Waals surface area contributed by atoms with Crippen LogP contribution in [0.3, 0.4) is 0 Å². The van der Waals surface area contributed by atoms with Gasteiger partial charge in [-0.2, -0.15) is 5.10 Å². The van der Waals surface area contributed by atoms with Crippen molar-refractivity contribution < 1.29 is 4.79 Å². The van der Waals surface area contributed by atoms with Gasteiger partial charge in [-0.3, -0.25) is 9.89 Å². The van der Waals surface area contributed by atoms with Crippen molar-refractivity contribution in [1.82, 2.24) is 15.1 Å². The average molecular weight is 388 g/mol. The van der Waals surface area contributed by atoms with Crippen molar-refractivity contribution in [2.24, 2.45) is 0 Å². The van der Waals surface area contributed by atoms with Crippen LogP contribution in [0.1, 0.15) is 48.4 Å². The Hall–Kier alpha value is -2.88. The SMILES string of the molecule is Cc1ccccc1-c1cn[nH]c1[C@H]1CCCN(C(=O)CCCc2ccccc2)C1. The number of H-pyrrole nitrogens is 1. The minimum Gasteiger partial charge on any atom is -0.342 e. The number of likely N-dealkylation sites (tertiary alicyclic amines) is 1. The first-order valence-corrected chi connectivity index (χ1v) is 10.6. The summed E-state index contributed by atoms with van der Waals surface area (Å²) in [5.41, 5.74) is 6.12. The third-order valence-electron chi connectivity index (χ3n) is 5.99. The maximum Gasteiger partial charge on any atom is 0.222 e. The topological polar surface area (TPSA) is 49.0 Å². The van der Waals surface area contributed by atoms with E-state index in [1.54, 1.807) is 0 Å². The Morgan fingerprint density at radius 1 is 1.10 bits per heavy atom. The summed E-state index contributed by atoms with van der Waals surface area (Å²) in [6.45, 7) is 3.79. The number of nitrogens with zero attached hydrogens (tertiary/aromatic N) is 2. The Morgan fingerprint density at radius 3 is 2.72 bits per heavy atom. The van der Waals surface area contributed by atoms with Crippen LogP contribution >= 0.6 is 0 Å². The first kappa shape index (κ1) is 19.4. The van der Waals surface area contributed by atoms with Gasteiger partial charge in [0.2, 0.25) is 5.91 Å². The number of carbonyl (C=O) groups is 1. The molecule has 1 N–H and O–H groups in total. The summed E-state index contributed by atoms with van der Waals surface area (Å²) in [4.78, 5) is 14.9. The largest absolute Gasteiger partial charge is 0.342 e. The minimum atomic E-state index is 0.280. The summed E-state index contributed by atoms with van der Waals surface area (Å²) in [5.74, 6) is 0.599. The summed E-state index contributed by atoms with van der Waals surface area (Å²) in [5, 5.41) is 7.58. The molecule has 1 saturated heterocycles. The van der Waals surface area contributed by atoms with Crippen LogP contribution in [0.25, 0.3) is 11.1 Å². The van der Waals surface area contributed by atoms with Crippen LogP contribution in [-0.4, -0.2) is 34.1 Å². The molecule has 3 aromatic rings. The number of hydrogen-bond acceptors (Lipinski definition) is 2. The Bertz CT molecular complexity index is 947. The van der Waals surface area contributed by atoms with E-state index < -0.39 is 0 Å². The van der Waals surface area contributed by atoms with Gasteiger partial charge in [-0.25, -0.2) is 0 Å². The fraction of sp³-hybridized carbons (Fsp3) is 0.360. The monoisotopic (exact) mass is 387 g/mol. The van der Waals surface area contributed by atoms with E-state index in [9.17, 15) is 4.79 Å². The van der Waals surface area contributed by atoms with E-state index in [0.29, 0.717) is 12.3 Å². The molecule has 150 valence electrons. The van der Waals surface area contributed by atoms with E-state index in [2.05, 4.69) is 70.6 Å². The van der Waals surface area contributed by atoms with Crippen molar-refractivity contribution >= 4 is 5.91 Å². The molecule has 0 radical (unpaired) electrons. The molecule has 1 aliphatic rings. The zero-order valence-corrected chi connectivity index (χ0v) is 17.1. The van der Waals surface area contributed by atoms with Gasteiger partial charge >= 0.3 is 0 Å². The lowest BCUT2D eigenvalue weighted by Gasteiger charge is -2.33. The number of aromatic amines is 1. The molecule has 4 nitrogen and oxygen atoms in total. The van der Waals surface area contributed by atoms with Crippen LogP contribution in [0.4, 0.5) is 0 Å². The summed E-state index contributed by atoms with van der Waals surface area (Å²) in [6, 6.07) is 18.8. The van der Waals surface area contributed by atoms with Crippen molar-refractivity contribution in [3.05, 3.63) is 77.6 Å². The molecule has 1 fully saturated rings. The molecule has 4 heteroatoms. The van der Waals surface area contributed by atoms with E-state index in [1.165, 1.54) is 27.9 Å². The van der Waals surface area contributed by atoms with Crippen LogP contribution in [0.15, 0.2) is 60.8 Å². The van der Waals surface area contributed by atoms with Crippen molar-refractivity contribution in [1.29, 1.82) is 0 Å². The zero-order chi connectivity index (χ0) is 20.1. The molecule has 0 aliphatic carbocycles. The van der Waals surface area contributed by atoms with Gasteiger partial charge in [-0.05, 0) is 49.3 Å². The van der Waals surface area contributed by atoms with Crippen molar-refractivity contribution in [3.63, 3.8) is 0 Å². The van der Waals surface area contributed by atoms with Crippen molar-refractivity contribution in [3.8, 4) is 11.1 Å². The summed E-state index contributed by atoms with van der Waals surface area (Å²) >= 11 is 0. The lowest BCUT2D eigenvalue weighted by molar-refractivity contribution is -0.132. The average Bonchev–Trinajstić information content (AvgIpc) is 3.24. The lowest BCUT2D eigenvalue weighted by atomic mass is 9.89. The standard InChI is InChI=1S/C25H29N3O/c1-19-9-5-6-14-22(19)23-17-26-27-25(23)21-13-8-16-28(18-21)24(29)15-7-12-20-10-3-2-4-11-20/h2-6,9-11,14,17,21H,7-8,12-13,15-16,18H2,1H3,(H,26,27)/t21-/m0/s1. The van der Waals surface area contributed by atoms with Crippen molar-refractivity contribution in [2.75, 3.05) is 13.1 Å². The number of benzene rings is 2. The van der Waals surface area contributed by atoms with Crippen LogP contribution in [0, 0.1) is 6.92 Å². The Morgan fingerprint density at radius 2 is 1.90 bits per heavy atom. The first-order chi connectivity index (χ1) is 14.2. The van der Waals surface area contributed by atoms with E-state index in [4.69, 9.17) is 0 Å². The molecule has 1 amide bonds. The predicted molar refractivity (Wildman–Crippen MR) is 117 cm³/mol. The molecule has 0 saturated carbocycles. The number of aryl methyl sites for hydroxylation is 2. The fourth-order valence-electron chi connectivity index (χ4n) is 4.38. The van der Waals surface area contributed by atoms with Gasteiger partial charge in [-0.15, -0.1) is 0 Å². The molecule has 0 unspecified atom stereocenters. The van der Waals surface area contributed by atoms with Crippen LogP contribution in [0.2, 0.25) is 0 Å². The Kier molecular flexibility index (Phi) is 6.09. The highest BCUT2D eigenvalue weighted by atomic mass is 16.2. The number of aromatic nitrogens is 2. The first-order valence-electron chi connectivity index (χ1n) is 10.6. The number of amides is 1. The Balaban J connectivity index is 1.39. The number of carbonyl (C=O) groups excluding carboxylic acids is 1. The van der Waals surface area contributed by atoms with E-state index >= 15 is 0 Å². The molecule has 2 heterocycles. The van der Waals surface area contributed by atoms with Gasteiger partial charge in [0, 0.05) is 36.7 Å². The summed E-state index contributed by atoms with van der Waals surface area (Å²) in [6.07, 6.45) is 6.55. The van der Waals surface area contributed by atoms with E-state index in [1.807, 2.05) is 12.3 Å². The second-order valence-corrected chi connectivity index (χ2v) is 8.03. The molecule has 0 spiro atoms. The maximum absolute atomic E-state index is 12.8. The number of piperidine rings is 1. The second-order valence-electron chi connectivity index (χ2n) is 8.03. The van der Waals surface area contributed by atoms with Crippen LogP contribution in [0.5, 0.6) is 0 Å². The van der Waals surface area contributed by atoms with Gasteiger partial charge in [0.15, 0.2) is 0 Å². The number of nitrogens with one attached hydrogen (secondary N) is 1. The molecular formula is C25H29N3O. The highest BCUT2D eigenvalue weighted by Crippen LogP contribution is 2.34. The third kappa shape index (κ3) is 4.58. The summed E-state index contributed by atoms with van der Waals surface area (Å²) < 4.78 is 0. The smallest absolute Gasteiger partial charge is 0.222 e. The van der Waals surface area contributed by atoms with Crippen LogP contribution in [-0.2, 0) is 11.2 Å². The van der Waals surface area contributed by atoms with Gasteiger partial charge in [0.1, 0.15) is 0 Å². The predicted octanol–water partition coefficient (Wildman–Crippen LogP) is 5.11. The Labute approximate surface area is 173 Å². The zero-order valence-electron chi connectivity index (χ0n) is 17.1. The number of hydrogen-bond donors (Lipinski definition) is 1. The van der Waals surface area contributed by atoms with Gasteiger partial charge in [0.05, 0.1) is 6.20 Å². The molecule has 1 aromatic heterocycles. The summed E-state index contributed by atoms with van der Waals surface area (Å²) in [7, 11) is 0. The molecular weight excluding hydrogens is 358 g/mol. The fourth-order valence-corrected chi connectivity index (χ4v) is 4.38.